The second-order valence-electron chi connectivity index (χ2n) is 7.98. The molecule has 0 atom stereocenters. The van der Waals surface area contributed by atoms with Gasteiger partial charge in [-0.05, 0) is 58.2 Å². The number of hydrogen-bond donors (Lipinski definition) is 0. The van der Waals surface area contributed by atoms with Crippen LogP contribution in [0.15, 0.2) is 113 Å². The molecule has 222 valence electrons. The minimum Gasteiger partial charge on any atom is -0.201 e. The van der Waals surface area contributed by atoms with E-state index >= 15 is 0 Å². The molecule has 0 unspecified atom stereocenters. The molecule has 3 nitrogen and oxygen atoms in total. The van der Waals surface area contributed by atoms with E-state index < -0.39 is 43.7 Å². The van der Waals surface area contributed by atoms with E-state index in [1.54, 1.807) is 17.5 Å². The molecule has 17 heteroatoms. The van der Waals surface area contributed by atoms with Gasteiger partial charge in [0.05, 0.1) is 12.6 Å². The highest BCUT2D eigenvalue weighted by Crippen LogP contribution is 2.73. The highest BCUT2D eigenvalue weighted by atomic mass is 32.3. The molecule has 2 aromatic carbocycles. The third kappa shape index (κ3) is 5.51. The molecule has 0 radical (unpaired) electrons. The summed E-state index contributed by atoms with van der Waals surface area (Å²) in [7, 11) is -11.2. The van der Waals surface area contributed by atoms with Gasteiger partial charge in [-0.3, -0.25) is 0 Å². The predicted molar refractivity (Wildman–Crippen MR) is 139 cm³/mol. The van der Waals surface area contributed by atoms with Gasteiger partial charge in [-0.15, -0.1) is 22.7 Å². The van der Waals surface area contributed by atoms with Crippen molar-refractivity contribution in [1.29, 1.82) is 0 Å². The lowest BCUT2D eigenvalue weighted by molar-refractivity contribution is -0.382. The fraction of sp³-hybridized carbons (Fsp3) is 0.167. The zero-order valence-electron chi connectivity index (χ0n) is 19.8. The van der Waals surface area contributed by atoms with Gasteiger partial charge in [0.2, 0.25) is 0 Å². The van der Waals surface area contributed by atoms with E-state index in [0.29, 0.717) is 4.21 Å². The monoisotopic (exact) mass is 682 g/mol. The molecule has 0 aliphatic heterocycles. The molecule has 0 bridgehead atoms. The van der Waals surface area contributed by atoms with Gasteiger partial charge in [0, 0.05) is 9.79 Å². The fourth-order valence-electron chi connectivity index (χ4n) is 3.33. The quantitative estimate of drug-likeness (QED) is 0.156. The van der Waals surface area contributed by atoms with Gasteiger partial charge >= 0.3 is 33.4 Å². The van der Waals surface area contributed by atoms with Crippen molar-refractivity contribution in [3.8, 4) is 0 Å². The fourth-order valence-corrected chi connectivity index (χ4v) is 12.8. The first-order valence-electron chi connectivity index (χ1n) is 10.9. The Balaban J connectivity index is 1.95. The Bertz CT molecular complexity index is 1530. The molecule has 0 aliphatic rings. The summed E-state index contributed by atoms with van der Waals surface area (Å²) in [4.78, 5) is -0.267. The second kappa shape index (κ2) is 11.1. The maximum absolute atomic E-state index is 14.9. The Labute approximate surface area is 241 Å². The van der Waals surface area contributed by atoms with Crippen LogP contribution in [0.25, 0.3) is 0 Å². The van der Waals surface area contributed by atoms with Crippen LogP contribution in [-0.4, -0.2) is 31.7 Å². The normalized spacial score (nSPS) is 14.3. The molecular formula is C24H15F9O3S5. The zero-order chi connectivity index (χ0) is 30.3. The molecule has 0 fully saturated rings. The van der Waals surface area contributed by atoms with Crippen molar-refractivity contribution in [2.24, 2.45) is 0 Å². The summed E-state index contributed by atoms with van der Waals surface area (Å²) in [5.74, 6) is -14.9. The third-order valence-electron chi connectivity index (χ3n) is 5.31. The standard InChI is InChI=1S/C24H15F9O3S5/c25-21(26,23(29,30)31)22(27,28)24(32,33)41(34,35)36-40(16-8-3-1-4-9-16,17-10-5-2-6-11-17)20-14-13-19(39-20)38-18-12-7-15-37-18/h1-15H. The molecule has 0 saturated heterocycles. The lowest BCUT2D eigenvalue weighted by Gasteiger charge is -2.40. The van der Waals surface area contributed by atoms with Gasteiger partial charge in [-0.1, -0.05) is 54.2 Å². The van der Waals surface area contributed by atoms with Crippen LogP contribution in [-0.2, 0) is 13.7 Å². The number of benzene rings is 2. The van der Waals surface area contributed by atoms with E-state index in [9.17, 15) is 47.9 Å². The number of rotatable bonds is 10. The van der Waals surface area contributed by atoms with Crippen molar-refractivity contribution >= 4 is 54.9 Å². The van der Waals surface area contributed by atoms with Gasteiger partial charge in [-0.2, -0.15) is 47.9 Å². The SMILES string of the molecule is O=S(=O)(OS(c1ccccc1)(c1ccccc1)c1ccc(Sc2cccs2)s1)C(F)(F)C(F)(F)C(F)(F)C(F)(F)F. The summed E-state index contributed by atoms with van der Waals surface area (Å²) in [6, 6.07) is 19.6. The Morgan fingerprint density at radius 1 is 0.634 bits per heavy atom. The Morgan fingerprint density at radius 2 is 1.17 bits per heavy atom. The summed E-state index contributed by atoms with van der Waals surface area (Å²) >= 11 is 3.41. The molecule has 0 amide bonds. The van der Waals surface area contributed by atoms with Gasteiger partial charge in [0.25, 0.3) is 0 Å². The van der Waals surface area contributed by atoms with Crippen LogP contribution in [0, 0.1) is 0 Å². The first-order valence-corrected chi connectivity index (χ1v) is 16.4. The molecule has 0 spiro atoms. The van der Waals surface area contributed by atoms with Crippen LogP contribution in [0.2, 0.25) is 0 Å². The Kier molecular flexibility index (Phi) is 8.63. The molecule has 0 N–H and O–H groups in total. The van der Waals surface area contributed by atoms with Crippen LogP contribution in [0.5, 0.6) is 0 Å². The number of alkyl halides is 9. The molecule has 4 aromatic rings. The topological polar surface area (TPSA) is 43.4 Å². The average molecular weight is 683 g/mol. The minimum atomic E-state index is -7.44. The van der Waals surface area contributed by atoms with E-state index in [-0.39, 0.29) is 14.0 Å². The van der Waals surface area contributed by atoms with Gasteiger partial charge < -0.3 is 0 Å². The summed E-state index contributed by atoms with van der Waals surface area (Å²) in [5, 5.41) is -5.25. The average Bonchev–Trinajstić information content (AvgIpc) is 3.60. The summed E-state index contributed by atoms with van der Waals surface area (Å²) < 4.78 is 156. The molecule has 4 rings (SSSR count). The van der Waals surface area contributed by atoms with Crippen molar-refractivity contribution < 1.29 is 51.6 Å². The predicted octanol–water partition coefficient (Wildman–Crippen LogP) is 9.93. The first-order chi connectivity index (χ1) is 19.0. The van der Waals surface area contributed by atoms with E-state index in [2.05, 4.69) is 0 Å². The lowest BCUT2D eigenvalue weighted by Crippen LogP contribution is -2.63. The van der Waals surface area contributed by atoms with Crippen molar-refractivity contribution in [2.45, 2.75) is 45.7 Å². The van der Waals surface area contributed by atoms with E-state index in [1.807, 2.05) is 0 Å². The first kappa shape index (κ1) is 31.7. The highest BCUT2D eigenvalue weighted by molar-refractivity contribution is 8.34. The smallest absolute Gasteiger partial charge is 0.201 e. The van der Waals surface area contributed by atoms with E-state index in [4.69, 9.17) is 3.63 Å². The molecule has 2 aromatic heterocycles. The van der Waals surface area contributed by atoms with Crippen LogP contribution >= 0.6 is 44.7 Å². The third-order valence-corrected chi connectivity index (χ3v) is 14.3. The van der Waals surface area contributed by atoms with E-state index in [1.165, 1.54) is 95.9 Å². The van der Waals surface area contributed by atoms with Crippen LogP contribution < -0.4 is 0 Å². The number of thiophene rings is 2. The largest absolute Gasteiger partial charge is 0.460 e. The summed E-state index contributed by atoms with van der Waals surface area (Å²) in [6.07, 6.45) is -7.21. The van der Waals surface area contributed by atoms with Crippen molar-refractivity contribution in [2.75, 3.05) is 0 Å². The number of halogens is 9. The Hall–Kier alpha value is -2.18. The van der Waals surface area contributed by atoms with Crippen molar-refractivity contribution in [3.63, 3.8) is 0 Å². The van der Waals surface area contributed by atoms with Gasteiger partial charge in [0.15, 0.2) is 0 Å². The second-order valence-corrected chi connectivity index (χ2v) is 16.3. The lowest BCUT2D eigenvalue weighted by atomic mass is 10.1. The number of hydrogen-bond acceptors (Lipinski definition) is 6. The van der Waals surface area contributed by atoms with Gasteiger partial charge in [-0.25, -0.2) is 3.63 Å². The zero-order valence-corrected chi connectivity index (χ0v) is 23.9. The molecule has 41 heavy (non-hydrogen) atoms. The highest BCUT2D eigenvalue weighted by Gasteiger charge is 2.86. The van der Waals surface area contributed by atoms with Crippen LogP contribution in [0.1, 0.15) is 0 Å². The molecule has 0 aliphatic carbocycles. The van der Waals surface area contributed by atoms with Crippen molar-refractivity contribution in [3.05, 3.63) is 90.3 Å². The van der Waals surface area contributed by atoms with Crippen molar-refractivity contribution in [1.82, 2.24) is 0 Å². The van der Waals surface area contributed by atoms with E-state index in [0.717, 1.165) is 15.5 Å². The van der Waals surface area contributed by atoms with Crippen LogP contribution in [0.4, 0.5) is 39.5 Å². The molecular weight excluding hydrogens is 668 g/mol. The van der Waals surface area contributed by atoms with Crippen LogP contribution in [0.3, 0.4) is 0 Å². The minimum absolute atomic E-state index is 0.0840. The summed E-state index contributed by atoms with van der Waals surface area (Å²) in [5.41, 5.74) is 0. The summed E-state index contributed by atoms with van der Waals surface area (Å²) in [6.45, 7) is 0. The molecule has 0 saturated carbocycles. The maximum Gasteiger partial charge on any atom is 0.460 e. The molecule has 2 heterocycles. The Morgan fingerprint density at radius 3 is 1.63 bits per heavy atom. The van der Waals surface area contributed by atoms with Gasteiger partial charge in [0.1, 0.15) is 0 Å². The maximum atomic E-state index is 14.9.